The van der Waals surface area contributed by atoms with Crippen LogP contribution < -0.4 is 11.1 Å². The molecule has 5 nitrogen and oxygen atoms in total. The summed E-state index contributed by atoms with van der Waals surface area (Å²) in [5, 5.41) is 3.31. The highest BCUT2D eigenvalue weighted by molar-refractivity contribution is 5.91. The molecule has 0 radical (unpaired) electrons. The van der Waals surface area contributed by atoms with Gasteiger partial charge in [0.2, 0.25) is 11.8 Å². The van der Waals surface area contributed by atoms with E-state index in [0.29, 0.717) is 13.0 Å². The Morgan fingerprint density at radius 2 is 2.06 bits per heavy atom. The first-order chi connectivity index (χ1) is 8.54. The van der Waals surface area contributed by atoms with Crippen LogP contribution in [0.2, 0.25) is 0 Å². The summed E-state index contributed by atoms with van der Waals surface area (Å²) in [7, 11) is 0. The van der Waals surface area contributed by atoms with Crippen LogP contribution in [0.25, 0.3) is 0 Å². The Labute approximate surface area is 108 Å². The lowest BCUT2D eigenvalue weighted by molar-refractivity contribution is -0.147. The third-order valence-electron chi connectivity index (χ3n) is 4.18. The summed E-state index contributed by atoms with van der Waals surface area (Å²) in [6.07, 6.45) is 5.66. The van der Waals surface area contributed by atoms with Crippen LogP contribution in [0.4, 0.5) is 0 Å². The average Bonchev–Trinajstić information content (AvgIpc) is 2.38. The maximum absolute atomic E-state index is 12.6. The predicted octanol–water partition coefficient (Wildman–Crippen LogP) is 0.385. The van der Waals surface area contributed by atoms with Crippen molar-refractivity contribution in [3.8, 4) is 0 Å². The van der Waals surface area contributed by atoms with Crippen molar-refractivity contribution in [2.24, 2.45) is 5.73 Å². The smallest absolute Gasteiger partial charge is 0.243 e. The van der Waals surface area contributed by atoms with Gasteiger partial charge in [0.05, 0.1) is 5.54 Å². The molecular weight excluding hydrogens is 230 g/mol. The minimum atomic E-state index is -0.511. The molecule has 102 valence electrons. The molecule has 2 atom stereocenters. The lowest BCUT2D eigenvalue weighted by atomic mass is 9.87. The first kappa shape index (κ1) is 13.3. The van der Waals surface area contributed by atoms with Gasteiger partial charge in [-0.2, -0.15) is 0 Å². The molecule has 0 aromatic heterocycles. The summed E-state index contributed by atoms with van der Waals surface area (Å²) in [4.78, 5) is 25.8. The van der Waals surface area contributed by atoms with Crippen molar-refractivity contribution in [1.29, 1.82) is 0 Å². The van der Waals surface area contributed by atoms with E-state index in [1.807, 2.05) is 6.92 Å². The van der Waals surface area contributed by atoms with Crippen molar-refractivity contribution in [2.75, 3.05) is 13.1 Å². The molecule has 0 saturated carbocycles. The van der Waals surface area contributed by atoms with Gasteiger partial charge in [0, 0.05) is 6.54 Å². The van der Waals surface area contributed by atoms with E-state index in [-0.39, 0.29) is 11.8 Å². The Bertz CT molecular complexity index is 337. The zero-order chi connectivity index (χ0) is 13.2. The van der Waals surface area contributed by atoms with Crippen LogP contribution in [-0.2, 0) is 9.59 Å². The van der Waals surface area contributed by atoms with Gasteiger partial charge in [-0.1, -0.05) is 0 Å². The molecule has 2 amide bonds. The van der Waals surface area contributed by atoms with Gasteiger partial charge in [-0.3, -0.25) is 9.59 Å². The summed E-state index contributed by atoms with van der Waals surface area (Å²) in [6.45, 7) is 3.47. The maximum Gasteiger partial charge on any atom is 0.243 e. The molecule has 5 heteroatoms. The topological polar surface area (TPSA) is 75.4 Å². The minimum absolute atomic E-state index is 0.0469. The number of amides is 2. The quantitative estimate of drug-likeness (QED) is 0.747. The van der Waals surface area contributed by atoms with E-state index in [1.54, 1.807) is 4.90 Å². The zero-order valence-electron chi connectivity index (χ0n) is 11.1. The van der Waals surface area contributed by atoms with Crippen molar-refractivity contribution in [3.05, 3.63) is 0 Å². The Morgan fingerprint density at radius 3 is 2.67 bits per heavy atom. The van der Waals surface area contributed by atoms with Crippen LogP contribution in [0, 0.1) is 0 Å². The van der Waals surface area contributed by atoms with Crippen molar-refractivity contribution < 1.29 is 9.59 Å². The fourth-order valence-electron chi connectivity index (χ4n) is 3.03. The van der Waals surface area contributed by atoms with E-state index >= 15 is 0 Å². The molecule has 2 unspecified atom stereocenters. The average molecular weight is 253 g/mol. The minimum Gasteiger partial charge on any atom is -0.368 e. The lowest BCUT2D eigenvalue weighted by Gasteiger charge is -2.42. The Kier molecular flexibility index (Phi) is 3.90. The SMILES string of the molecule is CC1(C(=O)N2CCCCC2C(N)=O)CCCCN1. The van der Waals surface area contributed by atoms with Crippen molar-refractivity contribution in [1.82, 2.24) is 10.2 Å². The summed E-state index contributed by atoms with van der Waals surface area (Å²) < 4.78 is 0. The van der Waals surface area contributed by atoms with Crippen LogP contribution in [0.5, 0.6) is 0 Å². The number of rotatable bonds is 2. The molecule has 0 aliphatic carbocycles. The fraction of sp³-hybridized carbons (Fsp3) is 0.846. The fourth-order valence-corrected chi connectivity index (χ4v) is 3.03. The van der Waals surface area contributed by atoms with Gasteiger partial charge < -0.3 is 16.0 Å². The monoisotopic (exact) mass is 253 g/mol. The van der Waals surface area contributed by atoms with Gasteiger partial charge in [-0.25, -0.2) is 0 Å². The highest BCUT2D eigenvalue weighted by Gasteiger charge is 2.41. The number of nitrogens with one attached hydrogen (secondary N) is 1. The van der Waals surface area contributed by atoms with Crippen LogP contribution in [0.1, 0.15) is 45.4 Å². The third kappa shape index (κ3) is 2.51. The Balaban J connectivity index is 2.12. The predicted molar refractivity (Wildman–Crippen MR) is 68.8 cm³/mol. The van der Waals surface area contributed by atoms with E-state index in [2.05, 4.69) is 5.32 Å². The van der Waals surface area contributed by atoms with Gasteiger partial charge >= 0.3 is 0 Å². The first-order valence-corrected chi connectivity index (χ1v) is 6.90. The third-order valence-corrected chi connectivity index (χ3v) is 4.18. The standard InChI is InChI=1S/C13H23N3O2/c1-13(7-3-4-8-15-13)12(18)16-9-5-2-6-10(16)11(14)17/h10,15H,2-9H2,1H3,(H2,14,17). The summed E-state index contributed by atoms with van der Waals surface area (Å²) in [6, 6.07) is -0.410. The van der Waals surface area contributed by atoms with E-state index in [4.69, 9.17) is 5.73 Å². The highest BCUT2D eigenvalue weighted by atomic mass is 16.2. The normalized spacial score (nSPS) is 33.2. The number of piperidine rings is 2. The van der Waals surface area contributed by atoms with Crippen LogP contribution in [0.3, 0.4) is 0 Å². The van der Waals surface area contributed by atoms with Crippen molar-refractivity contribution in [3.63, 3.8) is 0 Å². The second kappa shape index (κ2) is 5.26. The van der Waals surface area contributed by atoms with E-state index in [1.165, 1.54) is 0 Å². The van der Waals surface area contributed by atoms with E-state index in [0.717, 1.165) is 38.6 Å². The summed E-state index contributed by atoms with van der Waals surface area (Å²) in [5.41, 5.74) is 4.90. The van der Waals surface area contributed by atoms with Gasteiger partial charge in [-0.05, 0) is 52.0 Å². The van der Waals surface area contributed by atoms with Crippen LogP contribution >= 0.6 is 0 Å². The van der Waals surface area contributed by atoms with E-state index < -0.39 is 11.6 Å². The Hall–Kier alpha value is -1.10. The van der Waals surface area contributed by atoms with Crippen LogP contribution in [0.15, 0.2) is 0 Å². The highest BCUT2D eigenvalue weighted by Crippen LogP contribution is 2.25. The number of primary amides is 1. The molecule has 2 rings (SSSR count). The first-order valence-electron chi connectivity index (χ1n) is 6.90. The number of nitrogens with zero attached hydrogens (tertiary/aromatic N) is 1. The zero-order valence-corrected chi connectivity index (χ0v) is 11.1. The molecule has 2 saturated heterocycles. The number of carbonyl (C=O) groups excluding carboxylic acids is 2. The molecular formula is C13H23N3O2. The second-order valence-electron chi connectivity index (χ2n) is 5.63. The number of likely N-dealkylation sites (tertiary alicyclic amines) is 1. The van der Waals surface area contributed by atoms with Crippen molar-refractivity contribution in [2.45, 2.75) is 57.0 Å². The lowest BCUT2D eigenvalue weighted by Crippen LogP contribution is -2.62. The van der Waals surface area contributed by atoms with Gasteiger partial charge in [0.1, 0.15) is 6.04 Å². The van der Waals surface area contributed by atoms with Gasteiger partial charge in [0.15, 0.2) is 0 Å². The summed E-state index contributed by atoms with van der Waals surface area (Å²) >= 11 is 0. The molecule has 0 bridgehead atoms. The van der Waals surface area contributed by atoms with Gasteiger partial charge in [0.25, 0.3) is 0 Å². The van der Waals surface area contributed by atoms with Gasteiger partial charge in [-0.15, -0.1) is 0 Å². The molecule has 0 aromatic rings. The number of carbonyl (C=O) groups is 2. The van der Waals surface area contributed by atoms with Crippen molar-refractivity contribution >= 4 is 11.8 Å². The maximum atomic E-state index is 12.6. The molecule has 2 aliphatic heterocycles. The molecule has 0 aromatic carbocycles. The molecule has 2 aliphatic rings. The number of hydrogen-bond donors (Lipinski definition) is 2. The largest absolute Gasteiger partial charge is 0.368 e. The van der Waals surface area contributed by atoms with E-state index in [9.17, 15) is 9.59 Å². The second-order valence-corrected chi connectivity index (χ2v) is 5.63. The molecule has 18 heavy (non-hydrogen) atoms. The molecule has 0 spiro atoms. The molecule has 2 fully saturated rings. The molecule has 3 N–H and O–H groups in total. The number of hydrogen-bond acceptors (Lipinski definition) is 3. The Morgan fingerprint density at radius 1 is 1.28 bits per heavy atom. The molecule has 2 heterocycles. The number of nitrogens with two attached hydrogens (primary N) is 1. The summed E-state index contributed by atoms with van der Waals surface area (Å²) in [5.74, 6) is -0.326. The van der Waals surface area contributed by atoms with Crippen LogP contribution in [-0.4, -0.2) is 41.4 Å².